The molecule has 1 aliphatic heterocycles. The number of hydrogen-bond donors (Lipinski definition) is 1. The number of carbonyl (C=O) groups excluding carboxylic acids is 2. The molecule has 1 amide bonds. The molecule has 29 heavy (non-hydrogen) atoms. The summed E-state index contributed by atoms with van der Waals surface area (Å²) in [5, 5.41) is 0. The Morgan fingerprint density at radius 1 is 1.07 bits per heavy atom. The van der Waals surface area contributed by atoms with Crippen molar-refractivity contribution >= 4 is 27.4 Å². The summed E-state index contributed by atoms with van der Waals surface area (Å²) < 4.78 is 27.0. The molecule has 0 aliphatic carbocycles. The highest BCUT2D eigenvalue weighted by molar-refractivity contribution is 7.89. The highest BCUT2D eigenvalue weighted by atomic mass is 32.2. The van der Waals surface area contributed by atoms with Crippen molar-refractivity contribution in [1.29, 1.82) is 0 Å². The summed E-state index contributed by atoms with van der Waals surface area (Å²) in [6.45, 7) is 2.12. The molecule has 0 radical (unpaired) electrons. The molecule has 1 aliphatic rings. The van der Waals surface area contributed by atoms with E-state index in [1.54, 1.807) is 4.90 Å². The molecule has 0 atom stereocenters. The fourth-order valence-corrected chi connectivity index (χ4v) is 3.96. The number of anilines is 1. The maximum absolute atomic E-state index is 12.3. The first-order chi connectivity index (χ1) is 13.9. The molecule has 7 heteroatoms. The van der Waals surface area contributed by atoms with Gasteiger partial charge in [-0.1, -0.05) is 24.0 Å². The van der Waals surface area contributed by atoms with Crippen LogP contribution >= 0.6 is 0 Å². The zero-order valence-corrected chi connectivity index (χ0v) is 17.0. The van der Waals surface area contributed by atoms with Gasteiger partial charge in [-0.15, -0.1) is 0 Å². The number of amides is 1. The van der Waals surface area contributed by atoms with Crippen molar-refractivity contribution < 1.29 is 18.0 Å². The molecule has 2 aromatic rings. The topological polar surface area (TPSA) is 83.6 Å². The zero-order valence-electron chi connectivity index (χ0n) is 16.1. The second-order valence-electron chi connectivity index (χ2n) is 6.76. The van der Waals surface area contributed by atoms with Gasteiger partial charge in [-0.25, -0.2) is 8.42 Å². The number of Topliss-reactive ketones (excluding diaryl/α,β-unsaturated/α-hetero) is 1. The molecular formula is C22H22N2O4S. The van der Waals surface area contributed by atoms with E-state index in [0.29, 0.717) is 12.0 Å². The van der Waals surface area contributed by atoms with E-state index in [-0.39, 0.29) is 23.1 Å². The molecule has 3 rings (SSSR count). The van der Waals surface area contributed by atoms with Gasteiger partial charge in [0.15, 0.2) is 5.78 Å². The Bertz CT molecular complexity index is 1060. The van der Waals surface area contributed by atoms with Crippen LogP contribution in [0, 0.1) is 11.8 Å². The molecule has 1 heterocycles. The normalized spacial score (nSPS) is 14.2. The summed E-state index contributed by atoms with van der Waals surface area (Å²) in [6.07, 6.45) is 2.53. The molecule has 2 aromatic carbocycles. The van der Waals surface area contributed by atoms with E-state index in [1.165, 1.54) is 31.2 Å². The van der Waals surface area contributed by atoms with Crippen LogP contribution in [0.3, 0.4) is 0 Å². The van der Waals surface area contributed by atoms with E-state index in [4.69, 9.17) is 0 Å². The Balaban J connectivity index is 1.59. The van der Waals surface area contributed by atoms with Gasteiger partial charge in [0.1, 0.15) is 0 Å². The van der Waals surface area contributed by atoms with Gasteiger partial charge in [-0.05, 0) is 56.2 Å². The predicted molar refractivity (Wildman–Crippen MR) is 111 cm³/mol. The lowest BCUT2D eigenvalue weighted by Crippen LogP contribution is -2.35. The number of ketones is 1. The minimum Gasteiger partial charge on any atom is -0.312 e. The molecule has 0 spiro atoms. The van der Waals surface area contributed by atoms with Gasteiger partial charge in [-0.2, -0.15) is 4.72 Å². The second kappa shape index (κ2) is 9.03. The summed E-state index contributed by atoms with van der Waals surface area (Å²) >= 11 is 0. The fourth-order valence-electron chi connectivity index (χ4n) is 3.03. The quantitative estimate of drug-likeness (QED) is 0.607. The van der Waals surface area contributed by atoms with Gasteiger partial charge in [0.05, 0.1) is 11.4 Å². The van der Waals surface area contributed by atoms with E-state index >= 15 is 0 Å². The maximum atomic E-state index is 12.3. The highest BCUT2D eigenvalue weighted by Crippen LogP contribution is 2.21. The standard InChI is InChI=1S/C22H22N2O4S/c1-17(25)19-9-13-21(14-10-19)29(27,28)23-15-4-5-18-7-11-20(12-8-18)24-16-3-2-6-22(24)26/h7-14,23H,2-3,6,15-16H2,1H3. The van der Waals surface area contributed by atoms with Gasteiger partial charge in [0, 0.05) is 29.8 Å². The number of nitrogens with one attached hydrogen (secondary N) is 1. The summed E-state index contributed by atoms with van der Waals surface area (Å²) in [7, 11) is -3.69. The van der Waals surface area contributed by atoms with E-state index in [2.05, 4.69) is 16.6 Å². The van der Waals surface area contributed by atoms with E-state index < -0.39 is 10.0 Å². The summed E-state index contributed by atoms with van der Waals surface area (Å²) in [6, 6.07) is 13.1. The number of piperidine rings is 1. The number of sulfonamides is 1. The third-order valence-electron chi connectivity index (χ3n) is 4.66. The lowest BCUT2D eigenvalue weighted by atomic mass is 10.1. The van der Waals surface area contributed by atoms with E-state index in [1.807, 2.05) is 24.3 Å². The van der Waals surface area contributed by atoms with Gasteiger partial charge in [-0.3, -0.25) is 9.59 Å². The number of hydrogen-bond acceptors (Lipinski definition) is 4. The van der Waals surface area contributed by atoms with Crippen molar-refractivity contribution in [3.05, 3.63) is 59.7 Å². The van der Waals surface area contributed by atoms with Crippen molar-refractivity contribution in [2.45, 2.75) is 31.1 Å². The molecule has 6 nitrogen and oxygen atoms in total. The molecular weight excluding hydrogens is 388 g/mol. The minimum atomic E-state index is -3.69. The third kappa shape index (κ3) is 5.31. The minimum absolute atomic E-state index is 0.0385. The van der Waals surface area contributed by atoms with Crippen molar-refractivity contribution in [2.24, 2.45) is 0 Å². The first kappa shape index (κ1) is 20.8. The molecule has 1 saturated heterocycles. The Labute approximate surface area is 171 Å². The third-order valence-corrected chi connectivity index (χ3v) is 6.07. The summed E-state index contributed by atoms with van der Waals surface area (Å²) in [5.41, 5.74) is 2.05. The van der Waals surface area contributed by atoms with Gasteiger partial charge >= 0.3 is 0 Å². The Morgan fingerprint density at radius 3 is 2.38 bits per heavy atom. The van der Waals surface area contributed by atoms with Crippen LogP contribution in [-0.2, 0) is 14.8 Å². The van der Waals surface area contributed by atoms with Gasteiger partial charge in [0.25, 0.3) is 0 Å². The monoisotopic (exact) mass is 410 g/mol. The molecule has 0 bridgehead atoms. The SMILES string of the molecule is CC(=O)c1ccc(S(=O)(=O)NCC#Cc2ccc(N3CCCCC3=O)cc2)cc1. The molecule has 0 saturated carbocycles. The first-order valence-corrected chi connectivity index (χ1v) is 10.8. The maximum Gasteiger partial charge on any atom is 0.241 e. The number of benzene rings is 2. The summed E-state index contributed by atoms with van der Waals surface area (Å²) in [5.74, 6) is 5.72. The van der Waals surface area contributed by atoms with Crippen molar-refractivity contribution in [3.63, 3.8) is 0 Å². The molecule has 1 N–H and O–H groups in total. The van der Waals surface area contributed by atoms with Crippen molar-refractivity contribution in [3.8, 4) is 11.8 Å². The lowest BCUT2D eigenvalue weighted by molar-refractivity contribution is -0.119. The highest BCUT2D eigenvalue weighted by Gasteiger charge is 2.19. The van der Waals surface area contributed by atoms with E-state index in [9.17, 15) is 18.0 Å². The fraction of sp³-hybridized carbons (Fsp3) is 0.273. The smallest absolute Gasteiger partial charge is 0.241 e. The van der Waals surface area contributed by atoms with Crippen LogP contribution in [0.15, 0.2) is 53.4 Å². The Hall–Kier alpha value is -2.95. The average Bonchev–Trinajstić information content (AvgIpc) is 2.72. The number of carbonyl (C=O) groups is 2. The van der Waals surface area contributed by atoms with Crippen LogP contribution in [0.5, 0.6) is 0 Å². The van der Waals surface area contributed by atoms with Crippen LogP contribution in [-0.4, -0.2) is 33.2 Å². The van der Waals surface area contributed by atoms with Crippen LogP contribution in [0.1, 0.15) is 42.1 Å². The number of rotatable bonds is 5. The van der Waals surface area contributed by atoms with Crippen LogP contribution < -0.4 is 9.62 Å². The largest absolute Gasteiger partial charge is 0.312 e. The van der Waals surface area contributed by atoms with Crippen molar-refractivity contribution in [1.82, 2.24) is 4.72 Å². The average molecular weight is 410 g/mol. The zero-order chi connectivity index (χ0) is 20.9. The van der Waals surface area contributed by atoms with Crippen LogP contribution in [0.4, 0.5) is 5.69 Å². The Morgan fingerprint density at radius 2 is 1.76 bits per heavy atom. The molecule has 0 aromatic heterocycles. The predicted octanol–water partition coefficient (Wildman–Crippen LogP) is 2.74. The summed E-state index contributed by atoms with van der Waals surface area (Å²) in [4.78, 5) is 25.1. The Kier molecular flexibility index (Phi) is 6.47. The van der Waals surface area contributed by atoms with E-state index in [0.717, 1.165) is 30.6 Å². The molecule has 1 fully saturated rings. The van der Waals surface area contributed by atoms with Gasteiger partial charge in [0.2, 0.25) is 15.9 Å². The molecule has 0 unspecified atom stereocenters. The lowest BCUT2D eigenvalue weighted by Gasteiger charge is -2.26. The van der Waals surface area contributed by atoms with Crippen LogP contribution in [0.25, 0.3) is 0 Å². The van der Waals surface area contributed by atoms with Crippen LogP contribution in [0.2, 0.25) is 0 Å². The van der Waals surface area contributed by atoms with Gasteiger partial charge < -0.3 is 4.90 Å². The first-order valence-electron chi connectivity index (χ1n) is 9.37. The van der Waals surface area contributed by atoms with Crippen molar-refractivity contribution in [2.75, 3.05) is 18.0 Å². The second-order valence-corrected chi connectivity index (χ2v) is 8.52. The number of nitrogens with zero attached hydrogens (tertiary/aromatic N) is 1. The molecule has 150 valence electrons.